The zero-order valence-electron chi connectivity index (χ0n) is 14.3. The van der Waals surface area contributed by atoms with Crippen molar-refractivity contribution in [2.24, 2.45) is 0 Å². The number of piperazine rings is 1. The molecule has 0 radical (unpaired) electrons. The summed E-state index contributed by atoms with van der Waals surface area (Å²) < 4.78 is 32.1. The van der Waals surface area contributed by atoms with Crippen molar-refractivity contribution in [3.63, 3.8) is 0 Å². The highest BCUT2D eigenvalue weighted by molar-refractivity contribution is 7.89. The first kappa shape index (κ1) is 19.8. The highest BCUT2D eigenvalue weighted by Gasteiger charge is 2.21. The van der Waals surface area contributed by atoms with E-state index in [4.69, 9.17) is 4.74 Å². The molecule has 25 heavy (non-hydrogen) atoms. The molecular weight excluding hydrogens is 346 g/mol. The van der Waals surface area contributed by atoms with Gasteiger partial charge < -0.3 is 20.1 Å². The summed E-state index contributed by atoms with van der Waals surface area (Å²) in [6.45, 7) is 4.78. The van der Waals surface area contributed by atoms with Crippen LogP contribution in [0.25, 0.3) is 0 Å². The number of ether oxygens (including phenoxy) is 1. The first-order valence-electron chi connectivity index (χ1n) is 8.29. The van der Waals surface area contributed by atoms with Crippen molar-refractivity contribution in [2.45, 2.75) is 17.9 Å². The third-order valence-corrected chi connectivity index (χ3v) is 5.24. The summed E-state index contributed by atoms with van der Waals surface area (Å²) in [6.07, 6.45) is -0.930. The van der Waals surface area contributed by atoms with Crippen LogP contribution in [0.2, 0.25) is 0 Å². The average Bonchev–Trinajstić information content (AvgIpc) is 2.65. The fourth-order valence-electron chi connectivity index (χ4n) is 2.45. The van der Waals surface area contributed by atoms with Crippen molar-refractivity contribution >= 4 is 15.9 Å². The van der Waals surface area contributed by atoms with Crippen molar-refractivity contribution in [3.8, 4) is 0 Å². The second-order valence-corrected chi connectivity index (χ2v) is 7.50. The minimum absolute atomic E-state index is 0.00269. The smallest absolute Gasteiger partial charge is 0.253 e. The quantitative estimate of drug-likeness (QED) is 0.564. The summed E-state index contributed by atoms with van der Waals surface area (Å²) in [6, 6.07) is 5.93. The number of rotatable bonds is 8. The van der Waals surface area contributed by atoms with E-state index in [9.17, 15) is 18.3 Å². The molecule has 3 N–H and O–H groups in total. The van der Waals surface area contributed by atoms with Crippen LogP contribution in [0, 0.1) is 0 Å². The Labute approximate surface area is 148 Å². The van der Waals surface area contributed by atoms with E-state index in [0.717, 1.165) is 13.1 Å². The standard InChI is InChI=1S/C16H25N3O5S/c1-2-24-12-14(20)11-18-25(22,23)15-5-3-4-13(10-15)16(21)19-8-6-17-7-9-19/h3-5,10,14,17-18,20H,2,6-9,11-12H2,1H3. The van der Waals surface area contributed by atoms with Crippen LogP contribution < -0.4 is 10.0 Å². The van der Waals surface area contributed by atoms with Crippen LogP contribution in [0.1, 0.15) is 17.3 Å². The van der Waals surface area contributed by atoms with Crippen molar-refractivity contribution in [2.75, 3.05) is 45.9 Å². The Hall–Kier alpha value is -1.52. The van der Waals surface area contributed by atoms with Gasteiger partial charge in [0, 0.05) is 44.9 Å². The van der Waals surface area contributed by atoms with E-state index in [2.05, 4.69) is 10.0 Å². The van der Waals surface area contributed by atoms with Gasteiger partial charge in [0.15, 0.2) is 0 Å². The summed E-state index contributed by atoms with van der Waals surface area (Å²) in [5.41, 5.74) is 0.333. The van der Waals surface area contributed by atoms with Gasteiger partial charge in [-0.25, -0.2) is 13.1 Å². The van der Waals surface area contributed by atoms with E-state index in [-0.39, 0.29) is 24.0 Å². The molecule has 1 aliphatic heterocycles. The van der Waals surface area contributed by atoms with E-state index < -0.39 is 16.1 Å². The minimum Gasteiger partial charge on any atom is -0.389 e. The lowest BCUT2D eigenvalue weighted by Gasteiger charge is -2.27. The van der Waals surface area contributed by atoms with Crippen LogP contribution in [-0.2, 0) is 14.8 Å². The summed E-state index contributed by atoms with van der Waals surface area (Å²) in [7, 11) is -3.82. The molecule has 140 valence electrons. The van der Waals surface area contributed by atoms with Crippen LogP contribution in [0.15, 0.2) is 29.2 Å². The number of hydrogen-bond acceptors (Lipinski definition) is 6. The maximum atomic E-state index is 12.5. The second kappa shape index (κ2) is 9.25. The van der Waals surface area contributed by atoms with Gasteiger partial charge in [-0.3, -0.25) is 4.79 Å². The topological polar surface area (TPSA) is 108 Å². The molecule has 1 atom stereocenters. The molecule has 9 heteroatoms. The predicted molar refractivity (Wildman–Crippen MR) is 92.9 cm³/mol. The van der Waals surface area contributed by atoms with Crippen molar-refractivity contribution in [1.29, 1.82) is 0 Å². The minimum atomic E-state index is -3.82. The molecule has 1 fully saturated rings. The zero-order chi connectivity index (χ0) is 18.3. The van der Waals surface area contributed by atoms with Gasteiger partial charge >= 0.3 is 0 Å². The van der Waals surface area contributed by atoms with E-state index in [0.29, 0.717) is 25.3 Å². The van der Waals surface area contributed by atoms with Gasteiger partial charge in [0.1, 0.15) is 0 Å². The molecule has 1 aromatic rings. The van der Waals surface area contributed by atoms with Gasteiger partial charge in [0.05, 0.1) is 17.6 Å². The number of nitrogens with zero attached hydrogens (tertiary/aromatic N) is 1. The Morgan fingerprint density at radius 2 is 2.12 bits per heavy atom. The van der Waals surface area contributed by atoms with Crippen molar-refractivity contribution in [3.05, 3.63) is 29.8 Å². The molecule has 0 aromatic heterocycles. The molecule has 1 saturated heterocycles. The molecule has 0 bridgehead atoms. The van der Waals surface area contributed by atoms with Crippen LogP contribution in [0.3, 0.4) is 0 Å². The van der Waals surface area contributed by atoms with E-state index in [1.165, 1.54) is 12.1 Å². The van der Waals surface area contributed by atoms with Gasteiger partial charge in [-0.05, 0) is 25.1 Å². The summed E-state index contributed by atoms with van der Waals surface area (Å²) in [5.74, 6) is -0.185. The van der Waals surface area contributed by atoms with Crippen molar-refractivity contribution < 1.29 is 23.1 Å². The molecule has 1 unspecified atom stereocenters. The summed E-state index contributed by atoms with van der Waals surface area (Å²) in [5, 5.41) is 12.8. The van der Waals surface area contributed by atoms with Crippen LogP contribution in [0.4, 0.5) is 0 Å². The predicted octanol–water partition coefficient (Wildman–Crippen LogP) is -0.592. The van der Waals surface area contributed by atoms with Crippen LogP contribution in [-0.4, -0.2) is 76.4 Å². The number of aliphatic hydroxyl groups excluding tert-OH is 1. The first-order valence-corrected chi connectivity index (χ1v) is 9.78. The zero-order valence-corrected chi connectivity index (χ0v) is 15.1. The van der Waals surface area contributed by atoms with Gasteiger partial charge in [-0.1, -0.05) is 6.07 Å². The van der Waals surface area contributed by atoms with Gasteiger partial charge in [0.25, 0.3) is 5.91 Å². The number of carbonyl (C=O) groups excluding carboxylic acids is 1. The lowest BCUT2D eigenvalue weighted by atomic mass is 10.2. The lowest BCUT2D eigenvalue weighted by Crippen LogP contribution is -2.46. The molecule has 1 aromatic carbocycles. The number of hydrogen-bond donors (Lipinski definition) is 3. The number of amides is 1. The van der Waals surface area contributed by atoms with Crippen LogP contribution >= 0.6 is 0 Å². The highest BCUT2D eigenvalue weighted by atomic mass is 32.2. The monoisotopic (exact) mass is 371 g/mol. The van der Waals surface area contributed by atoms with Crippen molar-refractivity contribution in [1.82, 2.24) is 14.9 Å². The second-order valence-electron chi connectivity index (χ2n) is 5.74. The largest absolute Gasteiger partial charge is 0.389 e. The van der Waals surface area contributed by atoms with E-state index >= 15 is 0 Å². The molecule has 0 spiro atoms. The van der Waals surface area contributed by atoms with Gasteiger partial charge in [-0.2, -0.15) is 0 Å². The molecule has 0 saturated carbocycles. The Balaban J connectivity index is 2.04. The number of aliphatic hydroxyl groups is 1. The molecular formula is C16H25N3O5S. The number of carbonyl (C=O) groups is 1. The summed E-state index contributed by atoms with van der Waals surface area (Å²) >= 11 is 0. The molecule has 0 aliphatic carbocycles. The Morgan fingerprint density at radius 3 is 2.80 bits per heavy atom. The first-order chi connectivity index (χ1) is 11.9. The molecule has 2 rings (SSSR count). The van der Waals surface area contributed by atoms with Gasteiger partial charge in [0.2, 0.25) is 10.0 Å². The number of nitrogens with one attached hydrogen (secondary N) is 2. The fourth-order valence-corrected chi connectivity index (χ4v) is 3.57. The van der Waals surface area contributed by atoms with E-state index in [1.807, 2.05) is 0 Å². The molecule has 8 nitrogen and oxygen atoms in total. The highest BCUT2D eigenvalue weighted by Crippen LogP contribution is 2.14. The van der Waals surface area contributed by atoms with E-state index in [1.54, 1.807) is 24.0 Å². The fraction of sp³-hybridized carbons (Fsp3) is 0.562. The number of benzene rings is 1. The summed E-state index contributed by atoms with van der Waals surface area (Å²) in [4.78, 5) is 14.2. The molecule has 1 aliphatic rings. The Morgan fingerprint density at radius 1 is 1.40 bits per heavy atom. The third-order valence-electron chi connectivity index (χ3n) is 3.82. The normalized spacial score (nSPS) is 16.6. The molecule has 1 heterocycles. The lowest BCUT2D eigenvalue weighted by molar-refractivity contribution is 0.0456. The Bertz CT molecular complexity index is 674. The molecule has 1 amide bonds. The SMILES string of the molecule is CCOCC(O)CNS(=O)(=O)c1cccc(C(=O)N2CCNCC2)c1. The average molecular weight is 371 g/mol. The Kier molecular flexibility index (Phi) is 7.33. The maximum Gasteiger partial charge on any atom is 0.253 e. The third kappa shape index (κ3) is 5.75. The van der Waals surface area contributed by atoms with Gasteiger partial charge in [-0.15, -0.1) is 0 Å². The van der Waals surface area contributed by atoms with Crippen LogP contribution in [0.5, 0.6) is 0 Å². The maximum absolute atomic E-state index is 12.5. The number of sulfonamides is 1.